The van der Waals surface area contributed by atoms with E-state index in [0.717, 1.165) is 31.7 Å². The molecule has 0 atom stereocenters. The maximum absolute atomic E-state index is 10.2. The van der Waals surface area contributed by atoms with Gasteiger partial charge >= 0.3 is 23.9 Å². The highest BCUT2D eigenvalue weighted by Gasteiger charge is 2.05. The van der Waals surface area contributed by atoms with Crippen LogP contribution in [0.15, 0.2) is 86.7 Å². The number of esters is 2. The van der Waals surface area contributed by atoms with Crippen LogP contribution >= 0.6 is 0 Å². The average Bonchev–Trinajstić information content (AvgIpc) is 3.40. The Balaban J connectivity index is -0.000000190. The summed E-state index contributed by atoms with van der Waals surface area (Å²) in [5.74, 6) is -2.25. The van der Waals surface area contributed by atoms with Crippen LogP contribution in [0.1, 0.15) is 39.2 Å². The van der Waals surface area contributed by atoms with E-state index in [-0.39, 0.29) is 23.4 Å². The van der Waals surface area contributed by atoms with Crippen molar-refractivity contribution >= 4 is 35.9 Å². The molecule has 1 aromatic carbocycles. The summed E-state index contributed by atoms with van der Waals surface area (Å²) in [6, 6.07) is 10.0. The number of nitrogens with one attached hydrogen (secondary N) is 1. The largest absolute Gasteiger partial charge is 0.478 e. The Labute approximate surface area is 229 Å². The number of carbonyl (C=O) groups is 5. The number of aliphatic carboxylic acids is 1. The molecule has 0 saturated carbocycles. The topological polar surface area (TPSA) is 166 Å². The van der Waals surface area contributed by atoms with Gasteiger partial charge in [-0.05, 0) is 25.8 Å². The molecule has 11 heteroatoms. The number of ether oxygens (including phenoxy) is 2. The van der Waals surface area contributed by atoms with Gasteiger partial charge in [-0.1, -0.05) is 69.3 Å². The molecule has 0 bridgehead atoms. The van der Waals surface area contributed by atoms with Crippen LogP contribution in [-0.2, 0) is 38.3 Å². The van der Waals surface area contributed by atoms with Crippen molar-refractivity contribution in [1.29, 1.82) is 0 Å². The number of hydrogen-bond donors (Lipinski definition) is 3. The van der Waals surface area contributed by atoms with Gasteiger partial charge in [-0.15, -0.1) is 0 Å². The van der Waals surface area contributed by atoms with Gasteiger partial charge in [0.05, 0.1) is 13.4 Å². The van der Waals surface area contributed by atoms with E-state index >= 15 is 0 Å². The summed E-state index contributed by atoms with van der Waals surface area (Å²) in [6.07, 6.45) is 5.53. The molecule has 1 aromatic rings. The first-order valence-electron chi connectivity index (χ1n) is 11.1. The van der Waals surface area contributed by atoms with Crippen LogP contribution in [0.4, 0.5) is 0 Å². The highest BCUT2D eigenvalue weighted by Crippen LogP contribution is 1.97. The monoisotopic (exact) mass is 549 g/mol. The van der Waals surface area contributed by atoms with Crippen LogP contribution in [0.5, 0.6) is 0 Å². The number of carboxylic acids is 1. The quantitative estimate of drug-likeness (QED) is 0.119. The van der Waals surface area contributed by atoms with E-state index in [2.05, 4.69) is 52.6 Å². The molecule has 0 unspecified atom stereocenters. The van der Waals surface area contributed by atoms with Crippen molar-refractivity contribution in [3.8, 4) is 0 Å². The van der Waals surface area contributed by atoms with Gasteiger partial charge in [0, 0.05) is 37.1 Å². The molecule has 0 radical (unpaired) electrons. The molecule has 3 N–H and O–H groups in total. The van der Waals surface area contributed by atoms with Crippen LogP contribution < -0.4 is 5.32 Å². The first kappa shape index (κ1) is 41.4. The van der Waals surface area contributed by atoms with Crippen LogP contribution in [0.2, 0.25) is 0 Å². The maximum Gasteiger partial charge on any atom is 0.367 e. The third kappa shape index (κ3) is 37.9. The molecule has 216 valence electrons. The second-order valence-electron chi connectivity index (χ2n) is 6.82. The molecule has 39 heavy (non-hydrogen) atoms. The van der Waals surface area contributed by atoms with Gasteiger partial charge in [0.25, 0.3) is 0 Å². The first-order valence-corrected chi connectivity index (χ1v) is 11.1. The summed E-state index contributed by atoms with van der Waals surface area (Å²) >= 11 is 0. The van der Waals surface area contributed by atoms with Crippen molar-refractivity contribution in [1.82, 2.24) is 5.32 Å². The Morgan fingerprint density at radius 1 is 0.949 bits per heavy atom. The lowest BCUT2D eigenvalue weighted by atomic mass is 10.2. The highest BCUT2D eigenvalue weighted by molar-refractivity contribution is 5.87. The first-order chi connectivity index (χ1) is 18.2. The number of amides is 1. The lowest BCUT2D eigenvalue weighted by Gasteiger charge is -1.91. The van der Waals surface area contributed by atoms with E-state index in [1.54, 1.807) is 6.92 Å². The summed E-state index contributed by atoms with van der Waals surface area (Å²) in [4.78, 5) is 52.5. The Morgan fingerprint density at radius 2 is 1.44 bits per heavy atom. The van der Waals surface area contributed by atoms with Gasteiger partial charge in [0.1, 0.15) is 0 Å². The third-order valence-electron chi connectivity index (χ3n) is 3.33. The highest BCUT2D eigenvalue weighted by atomic mass is 17.1. The fraction of sp³-hybridized carbons (Fsp3) is 0.250. The average molecular weight is 550 g/mol. The summed E-state index contributed by atoms with van der Waals surface area (Å²) < 4.78 is 8.44. The van der Waals surface area contributed by atoms with E-state index in [0.29, 0.717) is 5.57 Å². The van der Waals surface area contributed by atoms with Crippen molar-refractivity contribution in [3.05, 3.63) is 92.3 Å². The normalized spacial score (nSPS) is 9.62. The molecule has 1 saturated heterocycles. The minimum absolute atomic E-state index is 0.183. The van der Waals surface area contributed by atoms with E-state index < -0.39 is 11.9 Å². The minimum Gasteiger partial charge on any atom is -0.478 e. The fourth-order valence-corrected chi connectivity index (χ4v) is 1.52. The lowest BCUT2D eigenvalue weighted by molar-refractivity contribution is -0.229. The van der Waals surface area contributed by atoms with E-state index in [1.807, 2.05) is 36.4 Å². The van der Waals surface area contributed by atoms with Crippen molar-refractivity contribution in [2.75, 3.05) is 13.7 Å². The molecule has 1 heterocycles. The van der Waals surface area contributed by atoms with E-state index in [4.69, 9.17) is 10.4 Å². The van der Waals surface area contributed by atoms with Crippen molar-refractivity contribution in [2.45, 2.75) is 33.6 Å². The molecule has 0 spiro atoms. The van der Waals surface area contributed by atoms with Crippen molar-refractivity contribution in [3.63, 3.8) is 0 Å². The van der Waals surface area contributed by atoms with Gasteiger partial charge in [0.2, 0.25) is 5.91 Å². The zero-order valence-electron chi connectivity index (χ0n) is 22.9. The van der Waals surface area contributed by atoms with Crippen LogP contribution in [0, 0.1) is 0 Å². The number of carbonyl (C=O) groups excluding carboxylic acids is 4. The fourth-order valence-electron chi connectivity index (χ4n) is 1.52. The van der Waals surface area contributed by atoms with Gasteiger partial charge in [0.15, 0.2) is 0 Å². The maximum atomic E-state index is 10.2. The molecule has 1 aliphatic rings. The predicted octanol–water partition coefficient (Wildman–Crippen LogP) is 4.49. The molecule has 2 rings (SSSR count). The summed E-state index contributed by atoms with van der Waals surface area (Å²) in [5, 5.41) is 17.9. The number of carboxylic acid groups (broad SMARTS) is 1. The molecule has 0 aromatic heterocycles. The number of rotatable bonds is 5. The molecule has 11 nitrogen and oxygen atoms in total. The SMILES string of the molecule is C=C(C)C(=O)OC.C=C(C)C(=O)OO.C=CC(=O)O.C=COC(C)=O.C=Cc1ccccc1.O=C1CCCN1. The van der Waals surface area contributed by atoms with Crippen molar-refractivity contribution in [2.24, 2.45) is 0 Å². The lowest BCUT2D eigenvalue weighted by Crippen LogP contribution is -2.12. The Morgan fingerprint density at radius 3 is 1.54 bits per heavy atom. The molecule has 1 amide bonds. The van der Waals surface area contributed by atoms with Crippen LogP contribution in [0.25, 0.3) is 6.08 Å². The number of hydrogen-bond acceptors (Lipinski definition) is 9. The second-order valence-corrected chi connectivity index (χ2v) is 6.82. The Hall–Kier alpha value is -4.77. The van der Waals surface area contributed by atoms with Crippen LogP contribution in [-0.4, -0.2) is 53.8 Å². The summed E-state index contributed by atoms with van der Waals surface area (Å²) in [7, 11) is 1.33. The molecule has 0 aliphatic carbocycles. The third-order valence-corrected chi connectivity index (χ3v) is 3.33. The van der Waals surface area contributed by atoms with Gasteiger partial charge in [-0.3, -0.25) is 14.5 Å². The van der Waals surface area contributed by atoms with E-state index in [9.17, 15) is 24.0 Å². The van der Waals surface area contributed by atoms with Crippen molar-refractivity contribution < 1.29 is 48.7 Å². The molecular weight excluding hydrogens is 510 g/mol. The zero-order valence-corrected chi connectivity index (χ0v) is 22.9. The molecular formula is C28H39NO10. The molecule has 1 fully saturated rings. The minimum atomic E-state index is -0.981. The number of methoxy groups -OCH3 is 1. The smallest absolute Gasteiger partial charge is 0.367 e. The zero-order chi connectivity index (χ0) is 31.2. The van der Waals surface area contributed by atoms with Gasteiger partial charge < -0.3 is 19.9 Å². The van der Waals surface area contributed by atoms with E-state index in [1.165, 1.54) is 26.5 Å². The summed E-state index contributed by atoms with van der Waals surface area (Å²) in [5.41, 5.74) is 1.79. The Kier molecular flexibility index (Phi) is 31.2. The predicted molar refractivity (Wildman–Crippen MR) is 149 cm³/mol. The molecule has 1 aliphatic heterocycles. The van der Waals surface area contributed by atoms with Gasteiger partial charge in [-0.25, -0.2) is 14.4 Å². The summed E-state index contributed by atoms with van der Waals surface area (Å²) in [6.45, 7) is 21.5. The number of benzene rings is 1. The van der Waals surface area contributed by atoms with Gasteiger partial charge in [-0.2, -0.15) is 5.26 Å². The Bertz CT molecular complexity index is 903. The van der Waals surface area contributed by atoms with Crippen LogP contribution in [0.3, 0.4) is 0 Å². The second kappa shape index (κ2) is 29.5. The standard InChI is InChI=1S/C8H8.C5H8O2.C4H7NO.C4H6O3.C4H6O2.C3H4O2/c1-2-8-6-4-3-5-7-8;1-4(2)5(6)7-3;6-4-2-1-3-5-4;1-3(2)4(5)7-6;1-3-6-4(2)5;1-2-3(4)5/h2-7H,1H2;1H2,2-3H3;1-3H2,(H,5,6);6H,1H2,2H3;3H,1H2,2H3;2H,1H2,(H,4,5).